The Kier molecular flexibility index (Phi) is 7.03. The van der Waals surface area contributed by atoms with E-state index in [4.69, 9.17) is 0 Å². The molecule has 0 radical (unpaired) electrons. The summed E-state index contributed by atoms with van der Waals surface area (Å²) in [5.41, 5.74) is 2.10. The van der Waals surface area contributed by atoms with Crippen LogP contribution in [0.5, 0.6) is 0 Å². The van der Waals surface area contributed by atoms with Gasteiger partial charge in [0.15, 0.2) is 0 Å². The second-order valence-electron chi connectivity index (χ2n) is 12.7. The summed E-state index contributed by atoms with van der Waals surface area (Å²) in [6.07, 6.45) is -9.04. The highest BCUT2D eigenvalue weighted by atomic mass is 32.1. The molecule has 0 fully saturated rings. The van der Waals surface area contributed by atoms with E-state index in [2.05, 4.69) is 18.2 Å². The number of fused-ring (bicyclic) bond motifs is 9. The minimum atomic E-state index is -4.59. The summed E-state index contributed by atoms with van der Waals surface area (Å²) in [7, 11) is 0. The van der Waals surface area contributed by atoms with Gasteiger partial charge >= 0.3 is 12.4 Å². The molecule has 0 aliphatic rings. The number of thiophene rings is 1. The summed E-state index contributed by atoms with van der Waals surface area (Å²) in [4.78, 5) is 0. The average molecular weight is 699 g/mol. The lowest BCUT2D eigenvalue weighted by Crippen LogP contribution is -2.05. The maximum atomic E-state index is 14.6. The van der Waals surface area contributed by atoms with Crippen molar-refractivity contribution in [1.29, 1.82) is 0 Å². The van der Waals surface area contributed by atoms with Gasteiger partial charge in [0.2, 0.25) is 0 Å². The van der Waals surface area contributed by atoms with E-state index in [0.717, 1.165) is 70.2 Å². The zero-order valence-electron chi connectivity index (χ0n) is 26.5. The molecule has 0 saturated heterocycles. The highest BCUT2D eigenvalue weighted by Crippen LogP contribution is 2.46. The minimum absolute atomic E-state index is 0.427. The molecule has 0 N–H and O–H groups in total. The molecule has 51 heavy (non-hydrogen) atoms. The standard InChI is InChI=1S/C44H24F6S/c45-43(46,47)29-18-15-25(16-19-29)31-11-5-13-38-39-14-6-12-32(42(39)51-41(31)38)28-21-27(22-30(23-28)44(48,49)50)26-17-20-37-35-9-2-1-7-33(35)34-8-3-4-10-36(34)40(37)24-26/h1-24H. The summed E-state index contributed by atoms with van der Waals surface area (Å²) in [5.74, 6) is 0. The maximum Gasteiger partial charge on any atom is 0.416 e. The van der Waals surface area contributed by atoms with Crippen LogP contribution in [0.15, 0.2) is 146 Å². The second kappa shape index (κ2) is 11.4. The van der Waals surface area contributed by atoms with Crippen molar-refractivity contribution in [3.05, 3.63) is 157 Å². The van der Waals surface area contributed by atoms with E-state index in [1.807, 2.05) is 91.0 Å². The van der Waals surface area contributed by atoms with Gasteiger partial charge < -0.3 is 0 Å². The van der Waals surface area contributed by atoms with Gasteiger partial charge in [-0.2, -0.15) is 26.3 Å². The van der Waals surface area contributed by atoms with Crippen LogP contribution >= 0.6 is 11.3 Å². The van der Waals surface area contributed by atoms with Gasteiger partial charge in [0, 0.05) is 20.2 Å². The fourth-order valence-electron chi connectivity index (χ4n) is 7.31. The molecule has 0 amide bonds. The predicted molar refractivity (Wildman–Crippen MR) is 198 cm³/mol. The quantitative estimate of drug-likeness (QED) is 0.127. The Labute approximate surface area is 291 Å². The van der Waals surface area contributed by atoms with E-state index in [1.165, 1.54) is 35.6 Å². The molecule has 7 heteroatoms. The first kappa shape index (κ1) is 31.3. The number of alkyl halides is 6. The molecular formula is C44H24F6S. The Morgan fingerprint density at radius 3 is 1.31 bits per heavy atom. The number of hydrogen-bond donors (Lipinski definition) is 0. The summed E-state index contributed by atoms with van der Waals surface area (Å²) in [6.45, 7) is 0. The van der Waals surface area contributed by atoms with Gasteiger partial charge in [-0.25, -0.2) is 0 Å². The smallest absolute Gasteiger partial charge is 0.166 e. The van der Waals surface area contributed by atoms with Crippen LogP contribution in [0.2, 0.25) is 0 Å². The molecule has 1 aromatic heterocycles. The van der Waals surface area contributed by atoms with Crippen LogP contribution in [0, 0.1) is 0 Å². The minimum Gasteiger partial charge on any atom is -0.166 e. The van der Waals surface area contributed by atoms with Gasteiger partial charge in [-0.05, 0) is 102 Å². The van der Waals surface area contributed by atoms with Crippen LogP contribution in [-0.4, -0.2) is 0 Å². The molecule has 0 aliphatic heterocycles. The number of benzene rings is 8. The third kappa shape index (κ3) is 5.23. The molecular weight excluding hydrogens is 675 g/mol. The van der Waals surface area contributed by atoms with Crippen LogP contribution in [0.1, 0.15) is 11.1 Å². The first-order valence-electron chi connectivity index (χ1n) is 16.2. The normalized spacial score (nSPS) is 12.5. The number of halogens is 6. The molecule has 9 rings (SSSR count). The zero-order chi connectivity index (χ0) is 35.1. The number of rotatable bonds is 3. The van der Waals surface area contributed by atoms with Crippen LogP contribution in [-0.2, 0) is 12.4 Å². The van der Waals surface area contributed by atoms with Crippen LogP contribution in [0.4, 0.5) is 26.3 Å². The molecule has 0 unspecified atom stereocenters. The summed E-state index contributed by atoms with van der Waals surface area (Å²) in [5, 5.41) is 8.04. The van der Waals surface area contributed by atoms with E-state index < -0.39 is 23.5 Å². The lowest BCUT2D eigenvalue weighted by molar-refractivity contribution is -0.138. The third-order valence-corrected chi connectivity index (χ3v) is 11.0. The van der Waals surface area contributed by atoms with Crippen molar-refractivity contribution in [2.24, 2.45) is 0 Å². The molecule has 8 aromatic carbocycles. The van der Waals surface area contributed by atoms with Crippen molar-refractivity contribution >= 4 is 63.8 Å². The topological polar surface area (TPSA) is 0 Å². The second-order valence-corrected chi connectivity index (χ2v) is 13.7. The number of hydrogen-bond acceptors (Lipinski definition) is 1. The lowest BCUT2D eigenvalue weighted by Gasteiger charge is -2.15. The Morgan fingerprint density at radius 2 is 0.765 bits per heavy atom. The van der Waals surface area contributed by atoms with Crippen LogP contribution < -0.4 is 0 Å². The SMILES string of the molecule is FC(F)(F)c1ccc(-c2cccc3c2sc2c(-c4cc(-c5ccc6c7ccccc7c7ccccc7c6c5)cc(C(F)(F)F)c4)cccc23)cc1. The highest BCUT2D eigenvalue weighted by molar-refractivity contribution is 7.26. The van der Waals surface area contributed by atoms with Crippen molar-refractivity contribution in [2.45, 2.75) is 12.4 Å². The monoisotopic (exact) mass is 698 g/mol. The van der Waals surface area contributed by atoms with Crippen molar-refractivity contribution in [3.8, 4) is 33.4 Å². The van der Waals surface area contributed by atoms with E-state index in [-0.39, 0.29) is 0 Å². The Balaban J connectivity index is 1.24. The zero-order valence-corrected chi connectivity index (χ0v) is 27.3. The van der Waals surface area contributed by atoms with Gasteiger partial charge in [0.25, 0.3) is 0 Å². The fourth-order valence-corrected chi connectivity index (χ4v) is 8.69. The van der Waals surface area contributed by atoms with Gasteiger partial charge in [-0.1, -0.05) is 109 Å². The average Bonchev–Trinajstić information content (AvgIpc) is 3.53. The van der Waals surface area contributed by atoms with Gasteiger partial charge in [0.05, 0.1) is 11.1 Å². The summed E-state index contributed by atoms with van der Waals surface area (Å²) < 4.78 is 85.2. The first-order chi connectivity index (χ1) is 24.5. The fraction of sp³-hybridized carbons (Fsp3) is 0.0455. The van der Waals surface area contributed by atoms with Gasteiger partial charge in [0.1, 0.15) is 0 Å². The molecule has 0 nitrogen and oxygen atoms in total. The predicted octanol–water partition coefficient (Wildman–Crippen LogP) is 14.6. The van der Waals surface area contributed by atoms with Crippen molar-refractivity contribution < 1.29 is 26.3 Å². The molecule has 0 aliphatic carbocycles. The molecule has 248 valence electrons. The van der Waals surface area contributed by atoms with Gasteiger partial charge in [-0.15, -0.1) is 11.3 Å². The Bertz CT molecular complexity index is 2790. The molecule has 0 saturated carbocycles. The third-order valence-electron chi connectivity index (χ3n) is 9.70. The largest absolute Gasteiger partial charge is 0.416 e. The molecule has 0 spiro atoms. The van der Waals surface area contributed by atoms with Gasteiger partial charge in [-0.3, -0.25) is 0 Å². The molecule has 1 heterocycles. The molecule has 0 bridgehead atoms. The Hall–Kier alpha value is -5.66. The molecule has 0 atom stereocenters. The van der Waals surface area contributed by atoms with E-state index >= 15 is 0 Å². The van der Waals surface area contributed by atoms with Crippen molar-refractivity contribution in [3.63, 3.8) is 0 Å². The highest BCUT2D eigenvalue weighted by Gasteiger charge is 2.32. The Morgan fingerprint density at radius 1 is 0.314 bits per heavy atom. The summed E-state index contributed by atoms with van der Waals surface area (Å²) >= 11 is 1.43. The first-order valence-corrected chi connectivity index (χ1v) is 17.0. The van der Waals surface area contributed by atoms with Crippen molar-refractivity contribution in [2.75, 3.05) is 0 Å². The van der Waals surface area contributed by atoms with E-state index in [9.17, 15) is 26.3 Å². The molecule has 9 aromatic rings. The van der Waals surface area contributed by atoms with Crippen LogP contribution in [0.25, 0.3) is 85.9 Å². The van der Waals surface area contributed by atoms with E-state index in [0.29, 0.717) is 27.8 Å². The maximum absolute atomic E-state index is 14.6. The van der Waals surface area contributed by atoms with E-state index in [1.54, 1.807) is 0 Å². The van der Waals surface area contributed by atoms with Crippen molar-refractivity contribution in [1.82, 2.24) is 0 Å². The lowest BCUT2D eigenvalue weighted by atomic mass is 9.90. The summed E-state index contributed by atoms with van der Waals surface area (Å²) in [6, 6.07) is 42.6. The van der Waals surface area contributed by atoms with Crippen LogP contribution in [0.3, 0.4) is 0 Å².